The van der Waals surface area contributed by atoms with Gasteiger partial charge in [0.1, 0.15) is 12.4 Å². The Balaban J connectivity index is 1.60. The minimum atomic E-state index is 0.0152. The fraction of sp³-hybridized carbons (Fsp3) is 0.250. The number of amides is 1. The molecule has 2 heterocycles. The van der Waals surface area contributed by atoms with E-state index < -0.39 is 0 Å². The number of para-hydroxylation sites is 2. The van der Waals surface area contributed by atoms with Gasteiger partial charge in [-0.3, -0.25) is 4.79 Å². The quantitative estimate of drug-likeness (QED) is 0.782. The third kappa shape index (κ3) is 2.54. The van der Waals surface area contributed by atoms with Gasteiger partial charge < -0.3 is 14.6 Å². The van der Waals surface area contributed by atoms with E-state index in [9.17, 15) is 4.79 Å². The maximum absolute atomic E-state index is 12.9. The van der Waals surface area contributed by atoms with Crippen molar-refractivity contribution < 1.29 is 9.53 Å². The van der Waals surface area contributed by atoms with Crippen LogP contribution in [0.25, 0.3) is 10.9 Å². The van der Waals surface area contributed by atoms with E-state index in [4.69, 9.17) is 4.74 Å². The highest BCUT2D eigenvalue weighted by atomic mass is 16.5. The highest BCUT2D eigenvalue weighted by molar-refractivity contribution is 5.89. The molecule has 0 aliphatic carbocycles. The monoisotopic (exact) mass is 320 g/mol. The van der Waals surface area contributed by atoms with Crippen LogP contribution in [-0.2, 0) is 11.2 Å². The molecule has 2 aromatic carbocycles. The van der Waals surface area contributed by atoms with Gasteiger partial charge in [-0.05, 0) is 24.6 Å². The predicted octanol–water partition coefficient (Wildman–Crippen LogP) is 3.69. The molecule has 0 bridgehead atoms. The van der Waals surface area contributed by atoms with Gasteiger partial charge in [-0.25, -0.2) is 0 Å². The van der Waals surface area contributed by atoms with Gasteiger partial charge in [0.25, 0.3) is 0 Å². The summed E-state index contributed by atoms with van der Waals surface area (Å²) in [6.45, 7) is 3.21. The number of benzene rings is 2. The highest BCUT2D eigenvalue weighted by Gasteiger charge is 2.26. The molecule has 4 heteroatoms. The second kappa shape index (κ2) is 6.04. The van der Waals surface area contributed by atoms with Crippen molar-refractivity contribution in [1.29, 1.82) is 0 Å². The topological polar surface area (TPSA) is 45.3 Å². The number of carbonyl (C=O) groups excluding carboxylic acids is 1. The Labute approximate surface area is 141 Å². The van der Waals surface area contributed by atoms with Gasteiger partial charge in [0.15, 0.2) is 0 Å². The first-order chi connectivity index (χ1) is 11.7. The van der Waals surface area contributed by atoms with E-state index in [0.717, 1.165) is 27.8 Å². The van der Waals surface area contributed by atoms with Crippen LogP contribution in [0.3, 0.4) is 0 Å². The number of aromatic amines is 1. The van der Waals surface area contributed by atoms with Crippen LogP contribution in [0.1, 0.15) is 24.1 Å². The van der Waals surface area contributed by atoms with Crippen molar-refractivity contribution in [3.63, 3.8) is 0 Å². The standard InChI is InChI=1S/C20H20N2O2/c1-14-16-6-3-5-9-19(16)24-11-10-22(14)20(23)12-15-13-21-18-8-4-2-7-17(15)18/h2-9,13-14,21H,10-12H2,1H3. The summed E-state index contributed by atoms with van der Waals surface area (Å²) in [6.07, 6.45) is 2.34. The Hall–Kier alpha value is -2.75. The summed E-state index contributed by atoms with van der Waals surface area (Å²) >= 11 is 0. The van der Waals surface area contributed by atoms with Crippen molar-refractivity contribution in [2.45, 2.75) is 19.4 Å². The summed E-state index contributed by atoms with van der Waals surface area (Å²) in [5.41, 5.74) is 3.18. The number of carbonyl (C=O) groups is 1. The SMILES string of the molecule is CC1c2ccccc2OCCN1C(=O)Cc1c[nH]c2ccccc12. The average Bonchev–Trinajstić information content (AvgIpc) is 2.93. The maximum Gasteiger partial charge on any atom is 0.227 e. The van der Waals surface area contributed by atoms with E-state index in [2.05, 4.69) is 18.0 Å². The minimum Gasteiger partial charge on any atom is -0.491 e. The maximum atomic E-state index is 12.9. The third-order valence-electron chi connectivity index (χ3n) is 4.76. The number of nitrogens with zero attached hydrogens (tertiary/aromatic N) is 1. The summed E-state index contributed by atoms with van der Waals surface area (Å²) < 4.78 is 5.80. The van der Waals surface area contributed by atoms with E-state index in [-0.39, 0.29) is 11.9 Å². The summed E-state index contributed by atoms with van der Waals surface area (Å²) in [5.74, 6) is 1.01. The first-order valence-corrected chi connectivity index (χ1v) is 8.30. The number of fused-ring (bicyclic) bond motifs is 2. The number of H-pyrrole nitrogens is 1. The average molecular weight is 320 g/mol. The fourth-order valence-corrected chi connectivity index (χ4v) is 3.46. The summed E-state index contributed by atoms with van der Waals surface area (Å²) in [4.78, 5) is 18.1. The molecule has 0 spiro atoms. The van der Waals surface area contributed by atoms with Crippen molar-refractivity contribution in [1.82, 2.24) is 9.88 Å². The zero-order chi connectivity index (χ0) is 16.5. The van der Waals surface area contributed by atoms with E-state index in [0.29, 0.717) is 19.6 Å². The van der Waals surface area contributed by atoms with Crippen molar-refractivity contribution in [3.05, 3.63) is 65.9 Å². The number of aromatic nitrogens is 1. The molecule has 1 N–H and O–H groups in total. The molecular formula is C20H20N2O2. The summed E-state index contributed by atoms with van der Waals surface area (Å²) in [7, 11) is 0. The predicted molar refractivity (Wildman–Crippen MR) is 94.1 cm³/mol. The Morgan fingerprint density at radius 3 is 2.92 bits per heavy atom. The van der Waals surface area contributed by atoms with Crippen molar-refractivity contribution in [3.8, 4) is 5.75 Å². The lowest BCUT2D eigenvalue weighted by molar-refractivity contribution is -0.132. The van der Waals surface area contributed by atoms with Crippen molar-refractivity contribution in [2.24, 2.45) is 0 Å². The van der Waals surface area contributed by atoms with Gasteiger partial charge in [0, 0.05) is 22.7 Å². The van der Waals surface area contributed by atoms with Crippen LogP contribution in [-0.4, -0.2) is 28.9 Å². The fourth-order valence-electron chi connectivity index (χ4n) is 3.46. The number of hydrogen-bond acceptors (Lipinski definition) is 2. The third-order valence-corrected chi connectivity index (χ3v) is 4.76. The van der Waals surface area contributed by atoms with Gasteiger partial charge in [0.05, 0.1) is 19.0 Å². The molecule has 1 unspecified atom stereocenters. The Kier molecular flexibility index (Phi) is 3.73. The van der Waals surface area contributed by atoms with Crippen LogP contribution < -0.4 is 4.74 Å². The largest absolute Gasteiger partial charge is 0.491 e. The van der Waals surface area contributed by atoms with Crippen LogP contribution in [0, 0.1) is 0 Å². The Morgan fingerprint density at radius 2 is 2.00 bits per heavy atom. The van der Waals surface area contributed by atoms with Crippen LogP contribution in [0.5, 0.6) is 5.75 Å². The van der Waals surface area contributed by atoms with Gasteiger partial charge in [-0.15, -0.1) is 0 Å². The number of rotatable bonds is 2. The first-order valence-electron chi connectivity index (χ1n) is 8.30. The lowest BCUT2D eigenvalue weighted by Gasteiger charge is -2.27. The van der Waals surface area contributed by atoms with E-state index in [1.807, 2.05) is 53.6 Å². The number of ether oxygens (including phenoxy) is 1. The molecule has 4 rings (SSSR count). The van der Waals surface area contributed by atoms with Crippen LogP contribution in [0.2, 0.25) is 0 Å². The molecular weight excluding hydrogens is 300 g/mol. The summed E-state index contributed by atoms with van der Waals surface area (Å²) in [6, 6.07) is 16.1. The molecule has 122 valence electrons. The molecule has 1 aliphatic heterocycles. The smallest absolute Gasteiger partial charge is 0.227 e. The molecule has 3 aromatic rings. The van der Waals surface area contributed by atoms with Crippen LogP contribution in [0.15, 0.2) is 54.7 Å². The molecule has 1 atom stereocenters. The molecule has 0 radical (unpaired) electrons. The first kappa shape index (κ1) is 14.8. The van der Waals surface area contributed by atoms with E-state index in [1.165, 1.54) is 0 Å². The van der Waals surface area contributed by atoms with Gasteiger partial charge in [-0.1, -0.05) is 36.4 Å². The van der Waals surface area contributed by atoms with Crippen molar-refractivity contribution in [2.75, 3.05) is 13.2 Å². The molecule has 0 saturated carbocycles. The molecule has 4 nitrogen and oxygen atoms in total. The van der Waals surface area contributed by atoms with Gasteiger partial charge >= 0.3 is 0 Å². The van der Waals surface area contributed by atoms with E-state index >= 15 is 0 Å². The van der Waals surface area contributed by atoms with Gasteiger partial charge in [-0.2, -0.15) is 0 Å². The zero-order valence-corrected chi connectivity index (χ0v) is 13.7. The minimum absolute atomic E-state index is 0.0152. The second-order valence-corrected chi connectivity index (χ2v) is 6.19. The Morgan fingerprint density at radius 1 is 1.21 bits per heavy atom. The molecule has 24 heavy (non-hydrogen) atoms. The van der Waals surface area contributed by atoms with Crippen LogP contribution in [0.4, 0.5) is 0 Å². The highest BCUT2D eigenvalue weighted by Crippen LogP contribution is 2.32. The normalized spacial score (nSPS) is 17.2. The molecule has 1 amide bonds. The second-order valence-electron chi connectivity index (χ2n) is 6.19. The number of nitrogens with one attached hydrogen (secondary N) is 1. The van der Waals surface area contributed by atoms with Crippen molar-refractivity contribution >= 4 is 16.8 Å². The van der Waals surface area contributed by atoms with E-state index in [1.54, 1.807) is 0 Å². The molecule has 0 saturated heterocycles. The molecule has 1 aromatic heterocycles. The molecule has 1 aliphatic rings. The summed E-state index contributed by atoms with van der Waals surface area (Å²) in [5, 5.41) is 1.12. The lowest BCUT2D eigenvalue weighted by Crippen LogP contribution is -2.36. The molecule has 0 fully saturated rings. The Bertz CT molecular complexity index is 884. The van der Waals surface area contributed by atoms with Gasteiger partial charge in [0.2, 0.25) is 5.91 Å². The zero-order valence-electron chi connectivity index (χ0n) is 13.7. The van der Waals surface area contributed by atoms with Crippen LogP contribution >= 0.6 is 0 Å². The lowest BCUT2D eigenvalue weighted by atomic mass is 10.0. The number of hydrogen-bond donors (Lipinski definition) is 1.